The normalized spacial score (nSPS) is 10.9. The number of benzene rings is 2. The van der Waals surface area contributed by atoms with E-state index in [0.29, 0.717) is 16.4 Å². The number of fused-ring (bicyclic) bond motifs is 3. The van der Waals surface area contributed by atoms with Crippen LogP contribution in [-0.2, 0) is 0 Å². The van der Waals surface area contributed by atoms with E-state index in [1.165, 1.54) is 0 Å². The van der Waals surface area contributed by atoms with E-state index < -0.39 is 5.82 Å². The molecule has 82 valence electrons. The molecule has 4 heteroatoms. The van der Waals surface area contributed by atoms with Gasteiger partial charge in [-0.15, -0.1) is 0 Å². The van der Waals surface area contributed by atoms with Crippen LogP contribution >= 0.6 is 11.6 Å². The van der Waals surface area contributed by atoms with Gasteiger partial charge >= 0.3 is 0 Å². The van der Waals surface area contributed by atoms with Crippen molar-refractivity contribution < 1.29 is 8.81 Å². The summed E-state index contributed by atoms with van der Waals surface area (Å²) in [7, 11) is 0. The van der Waals surface area contributed by atoms with Crippen LogP contribution in [0.1, 0.15) is 5.56 Å². The van der Waals surface area contributed by atoms with Crippen molar-refractivity contribution in [1.82, 2.24) is 0 Å². The first-order valence-corrected chi connectivity index (χ1v) is 5.29. The average molecular weight is 246 g/mol. The molecule has 2 nitrogen and oxygen atoms in total. The largest absolute Gasteiger partial charge is 0.453 e. The summed E-state index contributed by atoms with van der Waals surface area (Å²) in [6.07, 6.45) is 0. The second-order valence-corrected chi connectivity index (χ2v) is 4.01. The summed E-state index contributed by atoms with van der Waals surface area (Å²) in [5.74, 6) is -0.572. The minimum absolute atomic E-state index is 0.0928. The Bertz CT molecular complexity index is 785. The maximum atomic E-state index is 13.7. The zero-order valence-electron chi connectivity index (χ0n) is 8.50. The highest BCUT2D eigenvalue weighted by Crippen LogP contribution is 2.37. The van der Waals surface area contributed by atoms with Crippen molar-refractivity contribution in [2.75, 3.05) is 0 Å². The summed E-state index contributed by atoms with van der Waals surface area (Å²) in [4.78, 5) is 0. The predicted molar refractivity (Wildman–Crippen MR) is 63.4 cm³/mol. The molecule has 0 atom stereocenters. The summed E-state index contributed by atoms with van der Waals surface area (Å²) in [5, 5.41) is 10.3. The molecule has 0 spiro atoms. The Morgan fingerprint density at radius 1 is 1.29 bits per heavy atom. The van der Waals surface area contributed by atoms with Crippen molar-refractivity contribution in [2.45, 2.75) is 0 Å². The van der Waals surface area contributed by atoms with E-state index in [1.807, 2.05) is 12.1 Å². The lowest BCUT2D eigenvalue weighted by Gasteiger charge is -1.97. The average Bonchev–Trinajstić information content (AvgIpc) is 2.73. The zero-order valence-corrected chi connectivity index (χ0v) is 9.25. The minimum Gasteiger partial charge on any atom is -0.453 e. The number of halogens is 2. The lowest BCUT2D eigenvalue weighted by Crippen LogP contribution is -1.83. The van der Waals surface area contributed by atoms with Gasteiger partial charge in [-0.2, -0.15) is 5.26 Å². The maximum Gasteiger partial charge on any atom is 0.172 e. The molecule has 1 aromatic heterocycles. The van der Waals surface area contributed by atoms with Gasteiger partial charge in [0.15, 0.2) is 11.4 Å². The van der Waals surface area contributed by atoms with Crippen molar-refractivity contribution in [3.8, 4) is 6.07 Å². The van der Waals surface area contributed by atoms with Gasteiger partial charge < -0.3 is 4.42 Å². The fourth-order valence-corrected chi connectivity index (χ4v) is 2.19. The van der Waals surface area contributed by atoms with E-state index in [4.69, 9.17) is 21.3 Å². The molecule has 2 aromatic carbocycles. The Labute approximate surface area is 101 Å². The molecule has 0 amide bonds. The number of hydrogen-bond donors (Lipinski definition) is 0. The monoisotopic (exact) mass is 245 g/mol. The third kappa shape index (κ3) is 1.31. The molecule has 0 fully saturated rings. The molecule has 3 rings (SSSR count). The first-order valence-electron chi connectivity index (χ1n) is 4.91. The van der Waals surface area contributed by atoms with E-state index in [2.05, 4.69) is 0 Å². The molecule has 1 heterocycles. The number of hydrogen-bond acceptors (Lipinski definition) is 2. The van der Waals surface area contributed by atoms with Crippen LogP contribution in [0.15, 0.2) is 34.7 Å². The standard InChI is InChI=1S/C13H5ClFNO/c14-12-7(6-16)5-9(15)13-11(12)8-3-1-2-4-10(8)17-13/h1-5H. The lowest BCUT2D eigenvalue weighted by molar-refractivity contribution is 0.584. The molecule has 0 saturated heterocycles. The third-order valence-electron chi connectivity index (χ3n) is 2.66. The second-order valence-electron chi connectivity index (χ2n) is 3.63. The quantitative estimate of drug-likeness (QED) is 0.594. The maximum absolute atomic E-state index is 13.7. The van der Waals surface area contributed by atoms with E-state index in [9.17, 15) is 4.39 Å². The molecule has 0 saturated carbocycles. The molecule has 0 N–H and O–H groups in total. The molecule has 0 radical (unpaired) electrons. The van der Waals surface area contributed by atoms with Gasteiger partial charge in [-0.3, -0.25) is 0 Å². The predicted octanol–water partition coefficient (Wildman–Crippen LogP) is 4.25. The SMILES string of the molecule is N#Cc1cc(F)c2oc3ccccc3c2c1Cl. The van der Waals surface area contributed by atoms with Crippen LogP contribution in [0.25, 0.3) is 21.9 Å². The smallest absolute Gasteiger partial charge is 0.172 e. The van der Waals surface area contributed by atoms with Crippen LogP contribution in [-0.4, -0.2) is 0 Å². The highest BCUT2D eigenvalue weighted by Gasteiger charge is 2.17. The zero-order chi connectivity index (χ0) is 12.0. The Morgan fingerprint density at radius 2 is 2.06 bits per heavy atom. The number of nitrogens with zero attached hydrogens (tertiary/aromatic N) is 1. The molecule has 0 bridgehead atoms. The molecule has 0 aliphatic carbocycles. The number of para-hydroxylation sites is 1. The van der Waals surface area contributed by atoms with Gasteiger partial charge in [0.05, 0.1) is 16.0 Å². The summed E-state index contributed by atoms with van der Waals surface area (Å²) in [6.45, 7) is 0. The van der Waals surface area contributed by atoms with Gasteiger partial charge in [0.25, 0.3) is 0 Å². The van der Waals surface area contributed by atoms with Gasteiger partial charge in [-0.05, 0) is 12.1 Å². The molecular weight excluding hydrogens is 241 g/mol. The van der Waals surface area contributed by atoms with Crippen molar-refractivity contribution in [2.24, 2.45) is 0 Å². The fraction of sp³-hybridized carbons (Fsp3) is 0. The lowest BCUT2D eigenvalue weighted by atomic mass is 10.1. The second kappa shape index (κ2) is 3.47. The molecule has 17 heavy (non-hydrogen) atoms. The van der Waals surface area contributed by atoms with E-state index in [1.54, 1.807) is 18.2 Å². The number of rotatable bonds is 0. The minimum atomic E-state index is -0.572. The molecule has 0 unspecified atom stereocenters. The first kappa shape index (κ1) is 10.1. The van der Waals surface area contributed by atoms with Crippen molar-refractivity contribution >= 4 is 33.5 Å². The summed E-state index contributed by atoms with van der Waals surface area (Å²) in [6, 6.07) is 10.1. The van der Waals surface area contributed by atoms with Crippen molar-refractivity contribution in [1.29, 1.82) is 5.26 Å². The molecule has 3 aromatic rings. The first-order chi connectivity index (χ1) is 8.22. The summed E-state index contributed by atoms with van der Waals surface area (Å²) < 4.78 is 19.1. The molecular formula is C13H5ClFNO. The van der Waals surface area contributed by atoms with Crippen molar-refractivity contribution in [3.63, 3.8) is 0 Å². The topological polar surface area (TPSA) is 36.9 Å². The van der Waals surface area contributed by atoms with Gasteiger partial charge in [0.1, 0.15) is 11.7 Å². The number of furan rings is 1. The molecule has 0 aliphatic rings. The Kier molecular flexibility index (Phi) is 2.07. The third-order valence-corrected chi connectivity index (χ3v) is 3.05. The van der Waals surface area contributed by atoms with Crippen LogP contribution in [0, 0.1) is 17.1 Å². The van der Waals surface area contributed by atoms with Crippen LogP contribution < -0.4 is 0 Å². The van der Waals surface area contributed by atoms with E-state index in [0.717, 1.165) is 6.07 Å². The van der Waals surface area contributed by atoms with Crippen molar-refractivity contribution in [3.05, 3.63) is 46.7 Å². The van der Waals surface area contributed by atoms with Crippen LogP contribution in [0.4, 0.5) is 4.39 Å². The summed E-state index contributed by atoms with van der Waals surface area (Å²) in [5.41, 5.74) is 0.761. The van der Waals surface area contributed by atoms with Gasteiger partial charge in [0.2, 0.25) is 0 Å². The summed E-state index contributed by atoms with van der Waals surface area (Å²) >= 11 is 6.08. The fourth-order valence-electron chi connectivity index (χ4n) is 1.90. The van der Waals surface area contributed by atoms with Gasteiger partial charge in [0, 0.05) is 5.39 Å². The Balaban J connectivity index is 2.64. The Morgan fingerprint density at radius 3 is 2.82 bits per heavy atom. The van der Waals surface area contributed by atoms with E-state index >= 15 is 0 Å². The van der Waals surface area contributed by atoms with Gasteiger partial charge in [-0.25, -0.2) is 4.39 Å². The van der Waals surface area contributed by atoms with Crippen LogP contribution in [0.5, 0.6) is 0 Å². The Hall–Kier alpha value is -2.05. The highest BCUT2D eigenvalue weighted by molar-refractivity contribution is 6.38. The van der Waals surface area contributed by atoms with Crippen LogP contribution in [0.2, 0.25) is 5.02 Å². The highest BCUT2D eigenvalue weighted by atomic mass is 35.5. The van der Waals surface area contributed by atoms with E-state index in [-0.39, 0.29) is 16.2 Å². The number of nitriles is 1. The molecule has 0 aliphatic heterocycles. The van der Waals surface area contributed by atoms with Crippen LogP contribution in [0.3, 0.4) is 0 Å². The van der Waals surface area contributed by atoms with Gasteiger partial charge in [-0.1, -0.05) is 29.8 Å².